The van der Waals surface area contributed by atoms with Gasteiger partial charge in [-0.1, -0.05) is 37.6 Å². The zero-order valence-electron chi connectivity index (χ0n) is 23.7. The first-order valence-corrected chi connectivity index (χ1v) is 14.0. The Morgan fingerprint density at radius 2 is 1.80 bits per heavy atom. The summed E-state index contributed by atoms with van der Waals surface area (Å²) in [6.07, 6.45) is 2.11. The van der Waals surface area contributed by atoms with E-state index in [2.05, 4.69) is 28.9 Å². The van der Waals surface area contributed by atoms with Gasteiger partial charge in [0.15, 0.2) is 23.1 Å². The molecule has 41 heavy (non-hydrogen) atoms. The molecule has 3 aromatic rings. The summed E-state index contributed by atoms with van der Waals surface area (Å²) in [7, 11) is 2.96. The van der Waals surface area contributed by atoms with Gasteiger partial charge in [0.05, 0.1) is 20.1 Å². The number of halogens is 1. The summed E-state index contributed by atoms with van der Waals surface area (Å²) in [5.41, 5.74) is 2.51. The van der Waals surface area contributed by atoms with E-state index in [9.17, 15) is 14.3 Å². The number of aliphatic carboxylic acids is 1. The first-order valence-electron chi connectivity index (χ1n) is 14.0. The van der Waals surface area contributed by atoms with Gasteiger partial charge in [-0.25, -0.2) is 4.39 Å². The first-order chi connectivity index (χ1) is 19.9. The van der Waals surface area contributed by atoms with Crippen LogP contribution in [0.3, 0.4) is 0 Å². The fourth-order valence-corrected chi connectivity index (χ4v) is 6.03. The molecule has 0 aromatic heterocycles. The molecule has 3 unspecified atom stereocenters. The lowest BCUT2D eigenvalue weighted by Crippen LogP contribution is -2.37. The quantitative estimate of drug-likeness (QED) is 0.299. The van der Waals surface area contributed by atoms with E-state index in [0.29, 0.717) is 42.4 Å². The molecule has 0 amide bonds. The van der Waals surface area contributed by atoms with Gasteiger partial charge >= 0.3 is 5.97 Å². The van der Waals surface area contributed by atoms with Crippen molar-refractivity contribution in [3.8, 4) is 23.0 Å². The van der Waals surface area contributed by atoms with E-state index in [-0.39, 0.29) is 12.5 Å². The molecule has 2 aliphatic heterocycles. The average molecular weight is 565 g/mol. The summed E-state index contributed by atoms with van der Waals surface area (Å²) >= 11 is 0. The number of benzene rings is 3. The number of methoxy groups -OCH3 is 2. The number of hydrogen-bond acceptors (Lipinski definition) is 7. The van der Waals surface area contributed by atoms with Gasteiger partial charge in [0.1, 0.15) is 0 Å². The standard InChI is InChI=1S/C32H37FN2O6/c1-4-5-13-34(23-9-7-6-8-10-23)14-15-35-19-24(22-17-27(39-3)31-28(18-22)40-20-41-31)29(32(36)37)30(35)21-11-12-26(38-2)25(33)16-21/h6-12,16-18,24,29-30H,4-5,13-15,19-20H2,1-3H3,(H,36,37). The fourth-order valence-electron chi connectivity index (χ4n) is 6.03. The van der Waals surface area contributed by atoms with Crippen molar-refractivity contribution >= 4 is 11.7 Å². The van der Waals surface area contributed by atoms with E-state index < -0.39 is 29.7 Å². The van der Waals surface area contributed by atoms with Gasteiger partial charge in [-0.3, -0.25) is 9.69 Å². The average Bonchev–Trinajstić information content (AvgIpc) is 3.62. The SMILES string of the molecule is CCCCN(CCN1CC(c2cc(OC)c3c(c2)OCO3)C(C(=O)O)C1c1ccc(OC)c(F)c1)c1ccccc1. The van der Waals surface area contributed by atoms with E-state index >= 15 is 0 Å². The normalized spacial score (nSPS) is 19.8. The topological polar surface area (TPSA) is 80.7 Å². The molecule has 9 heteroatoms. The van der Waals surface area contributed by atoms with Crippen LogP contribution < -0.4 is 23.8 Å². The molecule has 1 fully saturated rings. The summed E-state index contributed by atoms with van der Waals surface area (Å²) in [5.74, 6) is -1.03. The van der Waals surface area contributed by atoms with Crippen molar-refractivity contribution in [1.82, 2.24) is 4.90 Å². The monoisotopic (exact) mass is 564 g/mol. The van der Waals surface area contributed by atoms with Gasteiger partial charge in [0.2, 0.25) is 12.5 Å². The third kappa shape index (κ3) is 5.91. The maximum atomic E-state index is 15.0. The third-order valence-corrected chi connectivity index (χ3v) is 8.07. The minimum atomic E-state index is -0.943. The third-order valence-electron chi connectivity index (χ3n) is 8.07. The maximum Gasteiger partial charge on any atom is 0.309 e. The molecule has 5 rings (SSSR count). The van der Waals surface area contributed by atoms with Gasteiger partial charge < -0.3 is 29.0 Å². The van der Waals surface area contributed by atoms with Crippen LogP contribution in [0.1, 0.15) is 42.9 Å². The highest BCUT2D eigenvalue weighted by molar-refractivity contribution is 5.74. The van der Waals surface area contributed by atoms with Gasteiger partial charge in [-0.05, 0) is 53.9 Å². The molecule has 1 saturated heterocycles. The van der Waals surface area contributed by atoms with Crippen molar-refractivity contribution in [3.05, 3.63) is 77.6 Å². The molecule has 0 saturated carbocycles. The van der Waals surface area contributed by atoms with E-state index in [1.165, 1.54) is 13.2 Å². The van der Waals surface area contributed by atoms with Crippen molar-refractivity contribution in [3.63, 3.8) is 0 Å². The molecular formula is C32H37FN2O6. The van der Waals surface area contributed by atoms with Gasteiger partial charge in [0, 0.05) is 43.8 Å². The highest BCUT2D eigenvalue weighted by Gasteiger charge is 2.48. The lowest BCUT2D eigenvalue weighted by atomic mass is 9.82. The number of ether oxygens (including phenoxy) is 4. The van der Waals surface area contributed by atoms with Crippen LogP contribution in [-0.2, 0) is 4.79 Å². The minimum absolute atomic E-state index is 0.0785. The van der Waals surface area contributed by atoms with Crippen LogP contribution in [0.15, 0.2) is 60.7 Å². The van der Waals surface area contributed by atoms with E-state index in [4.69, 9.17) is 18.9 Å². The lowest BCUT2D eigenvalue weighted by molar-refractivity contribution is -0.143. The van der Waals surface area contributed by atoms with Crippen molar-refractivity contribution in [1.29, 1.82) is 0 Å². The second kappa shape index (κ2) is 12.7. The largest absolute Gasteiger partial charge is 0.494 e. The molecule has 1 N–H and O–H groups in total. The number of para-hydroxylation sites is 1. The molecule has 3 aromatic carbocycles. The molecule has 0 radical (unpaired) electrons. The predicted molar refractivity (Wildman–Crippen MR) is 154 cm³/mol. The van der Waals surface area contributed by atoms with Crippen LogP contribution in [0.2, 0.25) is 0 Å². The van der Waals surface area contributed by atoms with E-state index in [1.807, 2.05) is 30.3 Å². The Kier molecular flexibility index (Phi) is 8.83. The number of rotatable bonds is 12. The summed E-state index contributed by atoms with van der Waals surface area (Å²) in [6.45, 7) is 4.89. The molecule has 0 bridgehead atoms. The Bertz CT molecular complexity index is 1350. The first kappa shape index (κ1) is 28.5. The molecule has 0 aliphatic carbocycles. The number of carboxylic acids is 1. The van der Waals surface area contributed by atoms with Crippen LogP contribution in [0, 0.1) is 11.7 Å². The molecule has 8 nitrogen and oxygen atoms in total. The summed E-state index contributed by atoms with van der Waals surface area (Å²) in [6, 6.07) is 18.1. The van der Waals surface area contributed by atoms with E-state index in [1.54, 1.807) is 19.2 Å². The number of carbonyl (C=O) groups is 1. The van der Waals surface area contributed by atoms with Gasteiger partial charge in [-0.15, -0.1) is 0 Å². The Balaban J connectivity index is 1.52. The van der Waals surface area contributed by atoms with Crippen molar-refractivity contribution < 1.29 is 33.2 Å². The number of nitrogens with zero attached hydrogens (tertiary/aromatic N) is 2. The van der Waals surface area contributed by atoms with Crippen LogP contribution >= 0.6 is 0 Å². The number of fused-ring (bicyclic) bond motifs is 1. The Labute approximate surface area is 240 Å². The van der Waals surface area contributed by atoms with Crippen LogP contribution in [0.5, 0.6) is 23.0 Å². The van der Waals surface area contributed by atoms with Crippen molar-refractivity contribution in [2.45, 2.75) is 31.7 Å². The van der Waals surface area contributed by atoms with Crippen LogP contribution in [-0.4, -0.2) is 63.2 Å². The zero-order valence-corrected chi connectivity index (χ0v) is 23.7. The minimum Gasteiger partial charge on any atom is -0.494 e. The highest BCUT2D eigenvalue weighted by atomic mass is 19.1. The summed E-state index contributed by atoms with van der Waals surface area (Å²) < 4.78 is 36.9. The van der Waals surface area contributed by atoms with E-state index in [0.717, 1.165) is 30.6 Å². The highest BCUT2D eigenvalue weighted by Crippen LogP contribution is 2.50. The van der Waals surface area contributed by atoms with Gasteiger partial charge in [0.25, 0.3) is 0 Å². The Morgan fingerprint density at radius 3 is 2.49 bits per heavy atom. The predicted octanol–water partition coefficient (Wildman–Crippen LogP) is 5.72. The van der Waals surface area contributed by atoms with Crippen LogP contribution in [0.4, 0.5) is 10.1 Å². The van der Waals surface area contributed by atoms with Gasteiger partial charge in [-0.2, -0.15) is 0 Å². The number of hydrogen-bond donors (Lipinski definition) is 1. The smallest absolute Gasteiger partial charge is 0.309 e. The number of anilines is 1. The van der Waals surface area contributed by atoms with Crippen molar-refractivity contribution in [2.24, 2.45) is 5.92 Å². The lowest BCUT2D eigenvalue weighted by Gasteiger charge is -2.31. The molecule has 0 spiro atoms. The summed E-state index contributed by atoms with van der Waals surface area (Å²) in [4.78, 5) is 17.5. The molecule has 2 aliphatic rings. The second-order valence-electron chi connectivity index (χ2n) is 10.4. The Hall–Kier alpha value is -3.98. The fraction of sp³-hybridized carbons (Fsp3) is 0.406. The van der Waals surface area contributed by atoms with Crippen molar-refractivity contribution in [2.75, 3.05) is 52.1 Å². The zero-order chi connectivity index (χ0) is 28.9. The number of carboxylic acid groups (broad SMARTS) is 1. The summed E-state index contributed by atoms with van der Waals surface area (Å²) in [5, 5.41) is 10.6. The number of unbranched alkanes of at least 4 members (excludes halogenated alkanes) is 1. The number of likely N-dealkylation sites (tertiary alicyclic amines) is 1. The molecular weight excluding hydrogens is 527 g/mol. The maximum absolute atomic E-state index is 15.0. The Morgan fingerprint density at radius 1 is 1.02 bits per heavy atom. The van der Waals surface area contributed by atoms with Crippen LogP contribution in [0.25, 0.3) is 0 Å². The molecule has 2 heterocycles. The molecule has 3 atom stereocenters. The molecule has 218 valence electrons. The second-order valence-corrected chi connectivity index (χ2v) is 10.4.